The Morgan fingerprint density at radius 1 is 1.42 bits per heavy atom. The van der Waals surface area contributed by atoms with Crippen LogP contribution in [-0.4, -0.2) is 42.6 Å². The number of rotatable bonds is 4. The van der Waals surface area contributed by atoms with E-state index in [0.29, 0.717) is 25.6 Å². The standard InChI is InChI=1S/C10H17N5O3S/c11-7-8-3-5-15(6-4-8)19(17,18)14-9-1-2-10(16)13-12-9/h1-2,8H,3-7,11H2,(H,12,14)(H,13,16). The highest BCUT2D eigenvalue weighted by atomic mass is 32.2. The summed E-state index contributed by atoms with van der Waals surface area (Å²) >= 11 is 0. The Hall–Kier alpha value is -1.45. The van der Waals surface area contributed by atoms with Crippen molar-refractivity contribution in [2.45, 2.75) is 12.8 Å². The summed E-state index contributed by atoms with van der Waals surface area (Å²) in [5, 5.41) is 5.79. The van der Waals surface area contributed by atoms with Crippen molar-refractivity contribution in [1.82, 2.24) is 14.5 Å². The van der Waals surface area contributed by atoms with E-state index in [1.165, 1.54) is 16.4 Å². The topological polar surface area (TPSA) is 121 Å². The van der Waals surface area contributed by atoms with Gasteiger partial charge in [0.1, 0.15) is 0 Å². The molecule has 19 heavy (non-hydrogen) atoms. The fourth-order valence-corrected chi connectivity index (χ4v) is 3.18. The van der Waals surface area contributed by atoms with Crippen LogP contribution in [0.4, 0.5) is 5.82 Å². The number of nitrogens with two attached hydrogens (primary N) is 1. The van der Waals surface area contributed by atoms with Crippen molar-refractivity contribution in [3.63, 3.8) is 0 Å². The molecule has 1 fully saturated rings. The van der Waals surface area contributed by atoms with Crippen molar-refractivity contribution in [1.29, 1.82) is 0 Å². The summed E-state index contributed by atoms with van der Waals surface area (Å²) in [6.45, 7) is 1.48. The molecular weight excluding hydrogens is 270 g/mol. The van der Waals surface area contributed by atoms with Gasteiger partial charge in [0, 0.05) is 19.2 Å². The van der Waals surface area contributed by atoms with Crippen LogP contribution in [0.15, 0.2) is 16.9 Å². The second-order valence-electron chi connectivity index (χ2n) is 4.49. The number of hydrogen-bond acceptors (Lipinski definition) is 5. The second kappa shape index (κ2) is 5.68. The van der Waals surface area contributed by atoms with Gasteiger partial charge in [-0.3, -0.25) is 9.52 Å². The van der Waals surface area contributed by atoms with Crippen molar-refractivity contribution in [3.8, 4) is 0 Å². The van der Waals surface area contributed by atoms with Gasteiger partial charge in [-0.05, 0) is 31.4 Å². The van der Waals surface area contributed by atoms with E-state index in [1.54, 1.807) is 0 Å². The molecule has 106 valence electrons. The molecule has 1 aromatic heterocycles. The Kier molecular flexibility index (Phi) is 4.17. The molecule has 8 nitrogen and oxygen atoms in total. The van der Waals surface area contributed by atoms with Gasteiger partial charge in [0.15, 0.2) is 5.82 Å². The summed E-state index contributed by atoms with van der Waals surface area (Å²) in [6, 6.07) is 2.54. The third-order valence-corrected chi connectivity index (χ3v) is 4.67. The number of H-pyrrole nitrogens is 1. The van der Waals surface area contributed by atoms with Gasteiger partial charge in [-0.1, -0.05) is 0 Å². The van der Waals surface area contributed by atoms with E-state index in [2.05, 4.69) is 14.9 Å². The molecule has 1 saturated heterocycles. The van der Waals surface area contributed by atoms with Gasteiger partial charge in [-0.15, -0.1) is 0 Å². The average molecular weight is 287 g/mol. The number of aromatic amines is 1. The molecule has 2 rings (SSSR count). The van der Waals surface area contributed by atoms with Crippen LogP contribution in [0.25, 0.3) is 0 Å². The molecule has 0 bridgehead atoms. The minimum Gasteiger partial charge on any atom is -0.330 e. The van der Waals surface area contributed by atoms with Crippen molar-refractivity contribution in [3.05, 3.63) is 22.5 Å². The molecule has 0 spiro atoms. The normalized spacial score (nSPS) is 18.4. The number of hydrogen-bond donors (Lipinski definition) is 3. The van der Waals surface area contributed by atoms with E-state index < -0.39 is 10.2 Å². The summed E-state index contributed by atoms with van der Waals surface area (Å²) in [7, 11) is -3.62. The monoisotopic (exact) mass is 287 g/mol. The Balaban J connectivity index is 2.03. The van der Waals surface area contributed by atoms with E-state index >= 15 is 0 Å². The van der Waals surface area contributed by atoms with Crippen LogP contribution in [0, 0.1) is 5.92 Å². The summed E-state index contributed by atoms with van der Waals surface area (Å²) in [6.07, 6.45) is 1.52. The molecule has 0 aromatic carbocycles. The summed E-state index contributed by atoms with van der Waals surface area (Å²) in [5.74, 6) is 0.484. The highest BCUT2D eigenvalue weighted by Crippen LogP contribution is 2.19. The Morgan fingerprint density at radius 3 is 2.63 bits per heavy atom. The fourth-order valence-electron chi connectivity index (χ4n) is 1.98. The lowest BCUT2D eigenvalue weighted by Crippen LogP contribution is -2.42. The van der Waals surface area contributed by atoms with Crippen LogP contribution in [-0.2, 0) is 10.2 Å². The molecule has 0 saturated carbocycles. The van der Waals surface area contributed by atoms with E-state index in [9.17, 15) is 13.2 Å². The minimum atomic E-state index is -3.62. The Bertz CT molecular complexity index is 557. The van der Waals surface area contributed by atoms with E-state index in [4.69, 9.17) is 5.73 Å². The van der Waals surface area contributed by atoms with E-state index in [-0.39, 0.29) is 11.4 Å². The molecule has 0 radical (unpaired) electrons. The summed E-state index contributed by atoms with van der Waals surface area (Å²) < 4.78 is 27.9. The van der Waals surface area contributed by atoms with Crippen LogP contribution < -0.4 is 16.0 Å². The lowest BCUT2D eigenvalue weighted by Gasteiger charge is -2.30. The van der Waals surface area contributed by atoms with Crippen molar-refractivity contribution >= 4 is 16.0 Å². The molecule has 1 aliphatic heterocycles. The van der Waals surface area contributed by atoms with Crippen molar-refractivity contribution < 1.29 is 8.42 Å². The molecule has 0 aliphatic carbocycles. The highest BCUT2D eigenvalue weighted by molar-refractivity contribution is 7.90. The molecule has 0 amide bonds. The van der Waals surface area contributed by atoms with Gasteiger partial charge in [0.05, 0.1) is 0 Å². The molecule has 0 atom stereocenters. The fraction of sp³-hybridized carbons (Fsp3) is 0.600. The summed E-state index contributed by atoms with van der Waals surface area (Å²) in [5.41, 5.74) is 5.19. The quantitative estimate of drug-likeness (QED) is 0.662. The molecule has 1 aromatic rings. The van der Waals surface area contributed by atoms with Crippen molar-refractivity contribution in [2.24, 2.45) is 11.7 Å². The van der Waals surface area contributed by atoms with Gasteiger partial charge >= 0.3 is 10.2 Å². The highest BCUT2D eigenvalue weighted by Gasteiger charge is 2.27. The SMILES string of the molecule is NCC1CCN(S(=O)(=O)Nc2ccc(=O)[nH]n2)CC1. The van der Waals surface area contributed by atoms with Gasteiger partial charge in [0.25, 0.3) is 5.56 Å². The number of anilines is 1. The second-order valence-corrected chi connectivity index (χ2v) is 6.16. The van der Waals surface area contributed by atoms with Crippen LogP contribution in [0.2, 0.25) is 0 Å². The van der Waals surface area contributed by atoms with Crippen LogP contribution in [0.5, 0.6) is 0 Å². The predicted octanol–water partition coefficient (Wildman–Crippen LogP) is -0.903. The zero-order chi connectivity index (χ0) is 13.9. The lowest BCUT2D eigenvalue weighted by atomic mass is 9.99. The van der Waals surface area contributed by atoms with Crippen LogP contribution >= 0.6 is 0 Å². The number of nitrogens with zero attached hydrogens (tertiary/aromatic N) is 2. The van der Waals surface area contributed by atoms with Gasteiger partial charge in [0.2, 0.25) is 0 Å². The number of piperidine rings is 1. The maximum atomic E-state index is 12.1. The maximum absolute atomic E-state index is 12.1. The Labute approximate surface area is 111 Å². The molecule has 1 aliphatic rings. The first-order chi connectivity index (χ1) is 9.01. The molecular formula is C10H17N5O3S. The first-order valence-corrected chi connectivity index (χ1v) is 7.49. The van der Waals surface area contributed by atoms with Crippen LogP contribution in [0.3, 0.4) is 0 Å². The van der Waals surface area contributed by atoms with Gasteiger partial charge in [-0.25, -0.2) is 5.10 Å². The largest absolute Gasteiger partial charge is 0.330 e. The maximum Gasteiger partial charge on any atom is 0.302 e. The minimum absolute atomic E-state index is 0.0977. The van der Waals surface area contributed by atoms with Gasteiger partial charge in [-0.2, -0.15) is 17.8 Å². The predicted molar refractivity (Wildman–Crippen MR) is 70.8 cm³/mol. The lowest BCUT2D eigenvalue weighted by molar-refractivity contribution is 0.280. The zero-order valence-electron chi connectivity index (χ0n) is 10.4. The van der Waals surface area contributed by atoms with Gasteiger partial charge < -0.3 is 5.73 Å². The number of nitrogens with one attached hydrogen (secondary N) is 2. The molecule has 0 unspecified atom stereocenters. The molecule has 4 N–H and O–H groups in total. The summed E-state index contributed by atoms with van der Waals surface area (Å²) in [4.78, 5) is 10.8. The van der Waals surface area contributed by atoms with E-state index in [0.717, 1.165) is 12.8 Å². The third-order valence-electron chi connectivity index (χ3n) is 3.16. The average Bonchev–Trinajstić information content (AvgIpc) is 2.41. The smallest absolute Gasteiger partial charge is 0.302 e. The van der Waals surface area contributed by atoms with E-state index in [1.807, 2.05) is 0 Å². The van der Waals surface area contributed by atoms with Crippen molar-refractivity contribution in [2.75, 3.05) is 24.4 Å². The first kappa shape index (κ1) is 14.0. The first-order valence-electron chi connectivity index (χ1n) is 6.05. The molecule has 9 heteroatoms. The Morgan fingerprint density at radius 2 is 2.11 bits per heavy atom. The van der Waals surface area contributed by atoms with Crippen LogP contribution in [0.1, 0.15) is 12.8 Å². The zero-order valence-corrected chi connectivity index (χ0v) is 11.2. The molecule has 2 heterocycles. The third kappa shape index (κ3) is 3.52. The number of aromatic nitrogens is 2.